The number of hydrogen-bond donors (Lipinski definition) is 1. The summed E-state index contributed by atoms with van der Waals surface area (Å²) in [5, 5.41) is 0. The third kappa shape index (κ3) is 1.62. The van der Waals surface area contributed by atoms with Gasteiger partial charge in [-0.2, -0.15) is 5.84 Å². The molecule has 0 aliphatic rings. The van der Waals surface area contributed by atoms with Crippen LogP contribution < -0.4 is 10.4 Å². The molecule has 1 aromatic carbocycles. The second kappa shape index (κ2) is 2.90. The SMILES string of the molecule is Cc1ccc(N(N)[ClH+])cc1. The summed E-state index contributed by atoms with van der Waals surface area (Å²) < 4.78 is 1.18. The van der Waals surface area contributed by atoms with E-state index in [-0.39, 0.29) is 0 Å². The van der Waals surface area contributed by atoms with E-state index in [2.05, 4.69) is 0 Å². The highest BCUT2D eigenvalue weighted by Crippen LogP contribution is 2.09. The van der Waals surface area contributed by atoms with Gasteiger partial charge in [-0.25, -0.2) is 0 Å². The third-order valence-electron chi connectivity index (χ3n) is 1.29. The van der Waals surface area contributed by atoms with Gasteiger partial charge in [-0.3, -0.25) is 0 Å². The van der Waals surface area contributed by atoms with Crippen LogP contribution >= 0.6 is 0 Å². The Labute approximate surface area is 65.3 Å². The third-order valence-corrected chi connectivity index (χ3v) is 1.50. The van der Waals surface area contributed by atoms with Crippen molar-refractivity contribution in [1.29, 1.82) is 0 Å². The predicted molar refractivity (Wildman–Crippen MR) is 39.2 cm³/mol. The van der Waals surface area contributed by atoms with Crippen LogP contribution in [0.2, 0.25) is 0 Å². The summed E-state index contributed by atoms with van der Waals surface area (Å²) in [5.74, 6) is 5.31. The van der Waals surface area contributed by atoms with Gasteiger partial charge in [0.2, 0.25) is 0 Å². The number of halogens is 1. The number of benzene rings is 1. The summed E-state index contributed by atoms with van der Waals surface area (Å²) >= 11 is 4.70. The van der Waals surface area contributed by atoms with Crippen LogP contribution in [0.15, 0.2) is 24.3 Å². The van der Waals surface area contributed by atoms with Gasteiger partial charge in [0.25, 0.3) is 11.8 Å². The molecule has 54 valence electrons. The molecule has 0 saturated carbocycles. The minimum Gasteiger partial charge on any atom is -0.196 e. The van der Waals surface area contributed by atoms with Crippen molar-refractivity contribution in [3.05, 3.63) is 29.8 Å². The van der Waals surface area contributed by atoms with Crippen LogP contribution in [0.5, 0.6) is 0 Å². The minimum atomic E-state index is 0.848. The zero-order valence-corrected chi connectivity index (χ0v) is 6.56. The van der Waals surface area contributed by atoms with Gasteiger partial charge in [0, 0.05) is 0 Å². The molecule has 0 aliphatic carbocycles. The quantitative estimate of drug-likeness (QED) is 0.373. The molecule has 0 aromatic heterocycles. The van der Waals surface area contributed by atoms with Crippen LogP contribution in [0.4, 0.5) is 5.69 Å². The minimum absolute atomic E-state index is 0.848. The first-order valence-corrected chi connectivity index (χ1v) is 3.35. The lowest BCUT2D eigenvalue weighted by Crippen LogP contribution is -2.22. The summed E-state index contributed by atoms with van der Waals surface area (Å²) in [6, 6.07) is 7.73. The molecule has 0 radical (unpaired) electrons. The van der Waals surface area contributed by atoms with Gasteiger partial charge < -0.3 is 0 Å². The Morgan fingerprint density at radius 1 is 1.30 bits per heavy atom. The number of rotatable bonds is 1. The Kier molecular flexibility index (Phi) is 2.14. The van der Waals surface area contributed by atoms with Crippen molar-refractivity contribution in [2.45, 2.75) is 6.92 Å². The van der Waals surface area contributed by atoms with Gasteiger partial charge >= 0.3 is 0 Å². The average Bonchev–Trinajstić information content (AvgIpc) is 1.88. The topological polar surface area (TPSA) is 29.3 Å². The van der Waals surface area contributed by atoms with Crippen molar-refractivity contribution in [3.8, 4) is 0 Å². The molecule has 0 unspecified atom stereocenters. The standard InChI is InChI=1S/C7H10ClN2/c1-6-2-4-7(5-3-6)10(8)9/h2-5,8H,9H2,1H3/q+1. The zero-order valence-electron chi connectivity index (χ0n) is 5.74. The van der Waals surface area contributed by atoms with E-state index in [1.807, 2.05) is 31.2 Å². The fourth-order valence-corrected chi connectivity index (χ4v) is 0.813. The van der Waals surface area contributed by atoms with Crippen LogP contribution in [-0.4, -0.2) is 0 Å². The Bertz CT molecular complexity index is 205. The first-order chi connectivity index (χ1) is 4.70. The number of anilines is 1. The lowest BCUT2D eigenvalue weighted by molar-refractivity contribution is -0.387. The number of nitrogens with zero attached hydrogens (tertiary/aromatic N) is 1. The van der Waals surface area contributed by atoms with Gasteiger partial charge in [-0.15, -0.1) is 0 Å². The number of nitrogens with two attached hydrogens (primary N) is 1. The van der Waals surface area contributed by atoms with E-state index < -0.39 is 0 Å². The number of hydrazine groups is 1. The van der Waals surface area contributed by atoms with Crippen LogP contribution in [0.1, 0.15) is 5.56 Å². The van der Waals surface area contributed by atoms with Crippen LogP contribution in [0, 0.1) is 18.7 Å². The van der Waals surface area contributed by atoms with Crippen molar-refractivity contribution in [2.75, 3.05) is 4.53 Å². The van der Waals surface area contributed by atoms with E-state index in [0.29, 0.717) is 0 Å². The van der Waals surface area contributed by atoms with E-state index in [0.717, 1.165) is 5.69 Å². The summed E-state index contributed by atoms with van der Waals surface area (Å²) in [5.41, 5.74) is 2.06. The summed E-state index contributed by atoms with van der Waals surface area (Å²) in [6.45, 7) is 2.02. The largest absolute Gasteiger partial charge is 0.275 e. The second-order valence-electron chi connectivity index (χ2n) is 2.16. The molecule has 0 heterocycles. The summed E-state index contributed by atoms with van der Waals surface area (Å²) in [6.07, 6.45) is 0. The molecule has 2 N–H and O–H groups in total. The van der Waals surface area contributed by atoms with E-state index in [9.17, 15) is 0 Å². The predicted octanol–water partition coefficient (Wildman–Crippen LogP) is 0.872. The Balaban J connectivity index is 2.89. The zero-order chi connectivity index (χ0) is 7.56. The molecule has 3 heteroatoms. The van der Waals surface area contributed by atoms with Crippen molar-refractivity contribution in [2.24, 2.45) is 5.84 Å². The fraction of sp³-hybridized carbons (Fsp3) is 0.143. The second-order valence-corrected chi connectivity index (χ2v) is 2.55. The van der Waals surface area contributed by atoms with Crippen LogP contribution in [-0.2, 0) is 0 Å². The molecule has 1 aromatic rings. The molecule has 0 saturated heterocycles. The first kappa shape index (κ1) is 7.38. The molecule has 0 bridgehead atoms. The van der Waals surface area contributed by atoms with Crippen molar-refractivity contribution in [1.82, 2.24) is 0 Å². The maximum atomic E-state index is 5.31. The highest BCUT2D eigenvalue weighted by atomic mass is 35.5. The van der Waals surface area contributed by atoms with Gasteiger partial charge in [0.15, 0.2) is 0 Å². The summed E-state index contributed by atoms with van der Waals surface area (Å²) in [7, 11) is 0. The van der Waals surface area contributed by atoms with Crippen LogP contribution in [0.25, 0.3) is 0 Å². The molecular weight excluding hydrogens is 148 g/mol. The molecule has 10 heavy (non-hydrogen) atoms. The van der Waals surface area contributed by atoms with E-state index >= 15 is 0 Å². The van der Waals surface area contributed by atoms with Crippen LogP contribution in [0.3, 0.4) is 0 Å². The van der Waals surface area contributed by atoms with E-state index in [4.69, 9.17) is 17.6 Å². The van der Waals surface area contributed by atoms with Gasteiger partial charge in [0.05, 0.1) is 0 Å². The van der Waals surface area contributed by atoms with E-state index in [1.54, 1.807) is 0 Å². The molecule has 0 atom stereocenters. The molecule has 0 amide bonds. The van der Waals surface area contributed by atoms with Gasteiger partial charge in [-0.1, -0.05) is 22.2 Å². The number of aryl methyl sites for hydroxylation is 1. The summed E-state index contributed by atoms with van der Waals surface area (Å²) in [4.78, 5) is 0. The molecular formula is C7H10ClN2+. The Morgan fingerprint density at radius 3 is 2.20 bits per heavy atom. The molecule has 0 fully saturated rings. The smallest absolute Gasteiger partial charge is 0.196 e. The average molecular weight is 158 g/mol. The lowest BCUT2D eigenvalue weighted by Gasteiger charge is -1.99. The fourth-order valence-electron chi connectivity index (χ4n) is 0.692. The van der Waals surface area contributed by atoms with E-state index in [1.165, 1.54) is 10.1 Å². The monoisotopic (exact) mass is 157 g/mol. The van der Waals surface area contributed by atoms with Crippen molar-refractivity contribution < 1.29 is 11.8 Å². The maximum Gasteiger partial charge on any atom is 0.275 e. The molecule has 0 aliphatic heterocycles. The van der Waals surface area contributed by atoms with Crippen molar-refractivity contribution >= 4 is 5.69 Å². The lowest BCUT2D eigenvalue weighted by atomic mass is 10.2. The molecule has 2 nitrogen and oxygen atoms in total. The first-order valence-electron chi connectivity index (χ1n) is 2.99. The van der Waals surface area contributed by atoms with Crippen molar-refractivity contribution in [3.63, 3.8) is 0 Å². The Morgan fingerprint density at radius 2 is 1.80 bits per heavy atom. The van der Waals surface area contributed by atoms with Gasteiger partial charge in [0.1, 0.15) is 5.69 Å². The van der Waals surface area contributed by atoms with Gasteiger partial charge in [-0.05, 0) is 19.1 Å². The molecule has 1 rings (SSSR count). The highest BCUT2D eigenvalue weighted by molar-refractivity contribution is 5.42. The Hall–Kier alpha value is -0.730. The highest BCUT2D eigenvalue weighted by Gasteiger charge is 2.00. The number of hydrogen-bond acceptors (Lipinski definition) is 2. The maximum absolute atomic E-state index is 5.31. The molecule has 0 spiro atoms. The normalized spacial score (nSPS) is 9.50.